The first kappa shape index (κ1) is 18.4. The molecule has 0 saturated heterocycles. The van der Waals surface area contributed by atoms with Crippen LogP contribution >= 0.6 is 10.0 Å². The highest BCUT2D eigenvalue weighted by atomic mass is 32.3. The van der Waals surface area contributed by atoms with Gasteiger partial charge in [-0.05, 0) is 49.4 Å². The molecule has 0 aromatic heterocycles. The Morgan fingerprint density at radius 1 is 0.786 bits per heavy atom. The standard InChI is InChI=1S/C26H25NS/c1-4-5-19-25-21(2)27(3)24-18-12-13-20-26(24)28(25,22-14-8-6-9-15-22)23-16-10-7-11-17-23/h4-20H,1H2,2-3H3/b19-5-. The van der Waals surface area contributed by atoms with Gasteiger partial charge in [0.1, 0.15) is 0 Å². The Labute approximate surface area is 169 Å². The number of nitrogens with zero attached hydrogens (tertiary/aromatic N) is 1. The number of rotatable bonds is 4. The van der Waals surface area contributed by atoms with E-state index < -0.39 is 10.0 Å². The lowest BCUT2D eigenvalue weighted by atomic mass is 10.2. The van der Waals surface area contributed by atoms with Gasteiger partial charge in [-0.2, -0.15) is 0 Å². The molecule has 2 heteroatoms. The van der Waals surface area contributed by atoms with Gasteiger partial charge in [0.05, 0.1) is 5.69 Å². The molecule has 1 aliphatic heterocycles. The van der Waals surface area contributed by atoms with Gasteiger partial charge in [0.15, 0.2) is 0 Å². The molecule has 140 valence electrons. The number of para-hydroxylation sites is 1. The third kappa shape index (κ3) is 2.73. The van der Waals surface area contributed by atoms with Crippen molar-refractivity contribution >= 4 is 15.7 Å². The molecule has 1 heterocycles. The average molecular weight is 384 g/mol. The molecule has 3 aromatic carbocycles. The molecule has 3 aromatic rings. The van der Waals surface area contributed by atoms with Crippen LogP contribution in [0.5, 0.6) is 0 Å². The first-order chi connectivity index (χ1) is 13.7. The van der Waals surface area contributed by atoms with E-state index in [9.17, 15) is 0 Å². The van der Waals surface area contributed by atoms with Crippen molar-refractivity contribution in [2.24, 2.45) is 0 Å². The molecule has 0 unspecified atom stereocenters. The monoisotopic (exact) mass is 383 g/mol. The lowest BCUT2D eigenvalue weighted by Crippen LogP contribution is -2.25. The average Bonchev–Trinajstić information content (AvgIpc) is 2.76. The second kappa shape index (κ2) is 7.57. The number of fused-ring (bicyclic) bond motifs is 1. The topological polar surface area (TPSA) is 3.24 Å². The van der Waals surface area contributed by atoms with Crippen molar-refractivity contribution in [1.29, 1.82) is 0 Å². The highest BCUT2D eigenvalue weighted by Gasteiger charge is 2.40. The van der Waals surface area contributed by atoms with Crippen molar-refractivity contribution in [2.75, 3.05) is 11.9 Å². The molecule has 0 bridgehead atoms. The third-order valence-corrected chi connectivity index (χ3v) is 9.38. The van der Waals surface area contributed by atoms with E-state index in [1.54, 1.807) is 0 Å². The van der Waals surface area contributed by atoms with Gasteiger partial charge in [-0.25, -0.2) is 0 Å². The summed E-state index contributed by atoms with van der Waals surface area (Å²) in [4.78, 5) is 7.75. The largest absolute Gasteiger partial charge is 0.346 e. The normalized spacial score (nSPS) is 16.7. The van der Waals surface area contributed by atoms with Gasteiger partial charge in [-0.3, -0.25) is 0 Å². The van der Waals surface area contributed by atoms with Crippen LogP contribution in [0.2, 0.25) is 0 Å². The van der Waals surface area contributed by atoms with E-state index in [4.69, 9.17) is 0 Å². The molecule has 0 spiro atoms. The Balaban J connectivity index is 2.20. The summed E-state index contributed by atoms with van der Waals surface area (Å²) < 4.78 is 0. The van der Waals surface area contributed by atoms with Crippen LogP contribution in [0.4, 0.5) is 5.69 Å². The molecule has 0 saturated carbocycles. The maximum Gasteiger partial charge on any atom is 0.0538 e. The van der Waals surface area contributed by atoms with E-state index in [0.717, 1.165) is 0 Å². The molecular weight excluding hydrogens is 358 g/mol. The number of hydrogen-bond acceptors (Lipinski definition) is 1. The lowest BCUT2D eigenvalue weighted by Gasteiger charge is -2.49. The van der Waals surface area contributed by atoms with E-state index in [1.165, 1.54) is 31.0 Å². The fourth-order valence-corrected chi connectivity index (χ4v) is 8.27. The van der Waals surface area contributed by atoms with Crippen LogP contribution < -0.4 is 4.90 Å². The van der Waals surface area contributed by atoms with Crippen LogP contribution in [0.25, 0.3) is 0 Å². The van der Waals surface area contributed by atoms with E-state index in [1.807, 2.05) is 6.08 Å². The van der Waals surface area contributed by atoms with Crippen molar-refractivity contribution in [3.05, 3.63) is 120 Å². The van der Waals surface area contributed by atoms with E-state index in [0.29, 0.717) is 0 Å². The zero-order chi connectivity index (χ0) is 19.6. The SMILES string of the molecule is C=C/C=C\C1=C(C)N(C)c2ccccc2S1(c1ccccc1)c1ccccc1. The second-order valence-corrected chi connectivity index (χ2v) is 9.86. The molecule has 0 fully saturated rings. The Morgan fingerprint density at radius 3 is 1.89 bits per heavy atom. The summed E-state index contributed by atoms with van der Waals surface area (Å²) in [5, 5.41) is 0. The summed E-state index contributed by atoms with van der Waals surface area (Å²) in [6.07, 6.45) is 6.18. The van der Waals surface area contributed by atoms with Crippen LogP contribution in [0.15, 0.2) is 135 Å². The minimum atomic E-state index is -1.61. The van der Waals surface area contributed by atoms with Gasteiger partial charge in [0.25, 0.3) is 0 Å². The zero-order valence-corrected chi connectivity index (χ0v) is 17.2. The van der Waals surface area contributed by atoms with Gasteiger partial charge in [0, 0.05) is 32.3 Å². The number of allylic oxidation sites excluding steroid dienone is 4. The fraction of sp³-hybridized carbons (Fsp3) is 0.0769. The number of hydrogen-bond donors (Lipinski definition) is 0. The molecule has 1 aliphatic rings. The van der Waals surface area contributed by atoms with Gasteiger partial charge >= 0.3 is 0 Å². The smallest absolute Gasteiger partial charge is 0.0538 e. The Morgan fingerprint density at radius 2 is 1.32 bits per heavy atom. The van der Waals surface area contributed by atoms with Crippen molar-refractivity contribution in [1.82, 2.24) is 0 Å². The zero-order valence-electron chi connectivity index (χ0n) is 16.4. The van der Waals surface area contributed by atoms with Gasteiger partial charge in [-0.15, -0.1) is 10.0 Å². The number of benzene rings is 3. The second-order valence-electron chi connectivity index (χ2n) is 6.81. The molecule has 28 heavy (non-hydrogen) atoms. The third-order valence-electron chi connectivity index (χ3n) is 5.32. The summed E-state index contributed by atoms with van der Waals surface area (Å²) in [5.74, 6) is 0. The Kier molecular flexibility index (Phi) is 4.97. The molecule has 1 nitrogen and oxygen atoms in total. The maximum atomic E-state index is 3.91. The van der Waals surface area contributed by atoms with Crippen molar-refractivity contribution in [2.45, 2.75) is 21.6 Å². The highest BCUT2D eigenvalue weighted by molar-refractivity contribution is 8.37. The van der Waals surface area contributed by atoms with Gasteiger partial charge in [-0.1, -0.05) is 67.3 Å². The predicted molar refractivity (Wildman–Crippen MR) is 122 cm³/mol. The van der Waals surface area contributed by atoms with Crippen LogP contribution in [0, 0.1) is 0 Å². The quantitative estimate of drug-likeness (QED) is 0.424. The predicted octanol–water partition coefficient (Wildman–Crippen LogP) is 7.39. The minimum Gasteiger partial charge on any atom is -0.346 e. The fourth-order valence-electron chi connectivity index (χ4n) is 3.95. The van der Waals surface area contributed by atoms with Crippen molar-refractivity contribution < 1.29 is 0 Å². The summed E-state index contributed by atoms with van der Waals surface area (Å²) in [6, 6.07) is 30.7. The summed E-state index contributed by atoms with van der Waals surface area (Å²) >= 11 is 0. The summed E-state index contributed by atoms with van der Waals surface area (Å²) in [7, 11) is 0.556. The van der Waals surface area contributed by atoms with Crippen LogP contribution in [0.3, 0.4) is 0 Å². The molecule has 0 amide bonds. The Hall–Kier alpha value is -2.97. The summed E-state index contributed by atoms with van der Waals surface area (Å²) in [6.45, 7) is 6.14. The molecule has 0 aliphatic carbocycles. The van der Waals surface area contributed by atoms with Gasteiger partial charge in [0.2, 0.25) is 0 Å². The minimum absolute atomic E-state index is 1.28. The van der Waals surface area contributed by atoms with E-state index in [-0.39, 0.29) is 0 Å². The van der Waals surface area contributed by atoms with Crippen molar-refractivity contribution in [3.63, 3.8) is 0 Å². The van der Waals surface area contributed by atoms with Crippen LogP contribution in [-0.4, -0.2) is 7.05 Å². The molecule has 0 radical (unpaired) electrons. The van der Waals surface area contributed by atoms with E-state index >= 15 is 0 Å². The first-order valence-electron chi connectivity index (χ1n) is 9.47. The lowest BCUT2D eigenvalue weighted by molar-refractivity contribution is 1.04. The molecule has 0 N–H and O–H groups in total. The van der Waals surface area contributed by atoms with Crippen LogP contribution in [-0.2, 0) is 0 Å². The van der Waals surface area contributed by atoms with Gasteiger partial charge < -0.3 is 4.90 Å². The Bertz CT molecular complexity index is 1010. The maximum absolute atomic E-state index is 3.91. The van der Waals surface area contributed by atoms with E-state index in [2.05, 4.69) is 123 Å². The highest BCUT2D eigenvalue weighted by Crippen LogP contribution is 2.77. The van der Waals surface area contributed by atoms with Crippen molar-refractivity contribution in [3.8, 4) is 0 Å². The first-order valence-corrected chi connectivity index (χ1v) is 11.1. The summed E-state index contributed by atoms with van der Waals surface area (Å²) in [5.41, 5.74) is 2.55. The van der Waals surface area contributed by atoms with Crippen LogP contribution in [0.1, 0.15) is 6.92 Å². The molecule has 0 atom stereocenters. The number of anilines is 1. The molecular formula is C26H25NS. The molecule has 4 rings (SSSR count).